The first kappa shape index (κ1) is 20.4. The van der Waals surface area contributed by atoms with E-state index in [9.17, 15) is 15.0 Å². The van der Waals surface area contributed by atoms with Crippen LogP contribution < -0.4 is 0 Å². The van der Waals surface area contributed by atoms with Gasteiger partial charge in [-0.25, -0.2) is 4.98 Å². The molecule has 0 radical (unpaired) electrons. The summed E-state index contributed by atoms with van der Waals surface area (Å²) < 4.78 is 1.89. The van der Waals surface area contributed by atoms with E-state index in [1.807, 2.05) is 60.7 Å². The minimum absolute atomic E-state index is 0.0516. The number of hydrogen-bond acceptors (Lipinski definition) is 4. The second-order valence-corrected chi connectivity index (χ2v) is 8.25. The van der Waals surface area contributed by atoms with Gasteiger partial charge in [-0.2, -0.15) is 0 Å². The number of phenolic OH excluding ortho intramolecular Hbond substituents is 1. The quantitative estimate of drug-likeness (QED) is 0.674. The zero-order valence-electron chi connectivity index (χ0n) is 17.9. The Balaban J connectivity index is 1.73. The Morgan fingerprint density at radius 2 is 1.90 bits per heavy atom. The highest BCUT2D eigenvalue weighted by Crippen LogP contribution is 2.35. The van der Waals surface area contributed by atoms with Crippen LogP contribution in [0.5, 0.6) is 5.75 Å². The first-order valence-electron chi connectivity index (χ1n) is 10.6. The molecule has 0 bridgehead atoms. The van der Waals surface area contributed by atoms with Gasteiger partial charge in [-0.3, -0.25) is 4.79 Å². The highest BCUT2D eigenvalue weighted by molar-refractivity contribution is 6.01. The molecule has 1 aliphatic rings. The van der Waals surface area contributed by atoms with Crippen LogP contribution in [0.3, 0.4) is 0 Å². The minimum Gasteiger partial charge on any atom is -0.505 e. The number of carbonyl (C=O) groups is 1. The summed E-state index contributed by atoms with van der Waals surface area (Å²) in [5.41, 5.74) is 4.24. The molecular weight excluding hydrogens is 378 g/mol. The summed E-state index contributed by atoms with van der Waals surface area (Å²) in [6.45, 7) is 5.34. The van der Waals surface area contributed by atoms with E-state index in [2.05, 4.69) is 4.98 Å². The average molecular weight is 408 g/mol. The lowest BCUT2D eigenvalue weighted by Gasteiger charge is -2.20. The minimum atomic E-state index is -0.665. The summed E-state index contributed by atoms with van der Waals surface area (Å²) in [6, 6.07) is 9.60. The normalized spacial score (nSPS) is 15.1. The summed E-state index contributed by atoms with van der Waals surface area (Å²) >= 11 is 0. The highest BCUT2D eigenvalue weighted by Gasteiger charge is 2.27. The summed E-state index contributed by atoms with van der Waals surface area (Å²) in [5, 5.41) is 21.8. The standard InChI is InChI=1S/C24H29N3O3/c1-15-8-4-5-9-17(15)21(28)11-10-18-19(24(30)27-12-6-7-13-27)14-20-22(23(18)29)25-16(2)26(20)3/h4-5,8-9,14,21,28-29H,6-7,10-13H2,1-3H3/t21-/m1/s1. The Hall–Kier alpha value is -2.86. The largest absolute Gasteiger partial charge is 0.505 e. The predicted molar refractivity (Wildman–Crippen MR) is 117 cm³/mol. The molecule has 6 heteroatoms. The number of rotatable bonds is 5. The van der Waals surface area contributed by atoms with Gasteiger partial charge >= 0.3 is 0 Å². The van der Waals surface area contributed by atoms with Crippen LogP contribution in [0.2, 0.25) is 0 Å². The number of fused-ring (bicyclic) bond motifs is 1. The van der Waals surface area contributed by atoms with Gasteiger partial charge in [-0.1, -0.05) is 24.3 Å². The van der Waals surface area contributed by atoms with Crippen molar-refractivity contribution in [3.05, 3.63) is 58.4 Å². The molecule has 2 N–H and O–H groups in total. The average Bonchev–Trinajstić information content (AvgIpc) is 3.36. The van der Waals surface area contributed by atoms with E-state index < -0.39 is 6.10 Å². The van der Waals surface area contributed by atoms with Crippen LogP contribution in [0.25, 0.3) is 11.0 Å². The van der Waals surface area contributed by atoms with E-state index in [-0.39, 0.29) is 11.7 Å². The van der Waals surface area contributed by atoms with Crippen molar-refractivity contribution in [3.8, 4) is 5.75 Å². The molecule has 158 valence electrons. The van der Waals surface area contributed by atoms with Crippen molar-refractivity contribution < 1.29 is 15.0 Å². The third-order valence-electron chi connectivity index (χ3n) is 6.32. The van der Waals surface area contributed by atoms with Crippen molar-refractivity contribution in [1.82, 2.24) is 14.5 Å². The van der Waals surface area contributed by atoms with Crippen molar-refractivity contribution in [2.45, 2.75) is 45.6 Å². The molecule has 3 aromatic rings. The van der Waals surface area contributed by atoms with Gasteiger partial charge in [0.15, 0.2) is 0 Å². The number of hydrogen-bond donors (Lipinski definition) is 2. The third-order valence-corrected chi connectivity index (χ3v) is 6.32. The van der Waals surface area contributed by atoms with Crippen LogP contribution in [0.1, 0.15) is 58.2 Å². The molecule has 4 rings (SSSR count). The van der Waals surface area contributed by atoms with E-state index >= 15 is 0 Å². The number of nitrogens with zero attached hydrogens (tertiary/aromatic N) is 3. The third kappa shape index (κ3) is 3.56. The Morgan fingerprint density at radius 1 is 1.20 bits per heavy atom. The number of aliphatic hydroxyl groups is 1. The van der Waals surface area contributed by atoms with Gasteiger partial charge in [-0.05, 0) is 56.7 Å². The maximum atomic E-state index is 13.3. The number of aryl methyl sites for hydroxylation is 3. The molecule has 1 atom stereocenters. The molecule has 6 nitrogen and oxygen atoms in total. The summed E-state index contributed by atoms with van der Waals surface area (Å²) in [4.78, 5) is 19.6. The second kappa shape index (κ2) is 8.11. The van der Waals surface area contributed by atoms with Gasteiger partial charge in [-0.15, -0.1) is 0 Å². The van der Waals surface area contributed by atoms with Gasteiger partial charge < -0.3 is 19.7 Å². The fourth-order valence-electron chi connectivity index (χ4n) is 4.39. The lowest BCUT2D eigenvalue weighted by molar-refractivity contribution is 0.0790. The smallest absolute Gasteiger partial charge is 0.254 e. The van der Waals surface area contributed by atoms with E-state index in [0.717, 1.165) is 48.4 Å². The van der Waals surface area contributed by atoms with Gasteiger partial charge in [0.25, 0.3) is 5.91 Å². The lowest BCUT2D eigenvalue weighted by Crippen LogP contribution is -2.28. The van der Waals surface area contributed by atoms with Crippen LogP contribution in [0.15, 0.2) is 30.3 Å². The summed E-state index contributed by atoms with van der Waals surface area (Å²) in [5.74, 6) is 0.775. The molecular formula is C24H29N3O3. The zero-order chi connectivity index (χ0) is 21.4. The van der Waals surface area contributed by atoms with Crippen molar-refractivity contribution in [2.24, 2.45) is 7.05 Å². The van der Waals surface area contributed by atoms with E-state index in [1.54, 1.807) is 0 Å². The first-order chi connectivity index (χ1) is 14.4. The topological polar surface area (TPSA) is 78.6 Å². The Bertz CT molecular complexity index is 1100. The molecule has 2 heterocycles. The molecule has 0 spiro atoms. The van der Waals surface area contributed by atoms with Gasteiger partial charge in [0, 0.05) is 31.3 Å². The molecule has 0 unspecified atom stereocenters. The predicted octanol–water partition coefficient (Wildman–Crippen LogP) is 3.80. The molecule has 30 heavy (non-hydrogen) atoms. The van der Waals surface area contributed by atoms with Crippen LogP contribution in [0.4, 0.5) is 0 Å². The Labute approximate surface area is 176 Å². The number of aliphatic hydroxyl groups excluding tert-OH is 1. The molecule has 1 fully saturated rings. The monoisotopic (exact) mass is 407 g/mol. The number of imidazole rings is 1. The maximum absolute atomic E-state index is 13.3. The number of aromatic hydroxyl groups is 1. The molecule has 1 aromatic heterocycles. The van der Waals surface area contributed by atoms with Crippen LogP contribution in [-0.4, -0.2) is 43.7 Å². The van der Waals surface area contributed by atoms with Crippen LogP contribution >= 0.6 is 0 Å². The number of likely N-dealkylation sites (tertiary alicyclic amines) is 1. The van der Waals surface area contributed by atoms with Crippen molar-refractivity contribution in [1.29, 1.82) is 0 Å². The number of aromatic nitrogens is 2. The lowest BCUT2D eigenvalue weighted by atomic mass is 9.94. The second-order valence-electron chi connectivity index (χ2n) is 8.25. The molecule has 1 aliphatic heterocycles. The van der Waals surface area contributed by atoms with Crippen molar-refractivity contribution >= 4 is 16.9 Å². The molecule has 1 saturated heterocycles. The fourth-order valence-corrected chi connectivity index (χ4v) is 4.39. The number of benzene rings is 2. The molecule has 1 amide bonds. The molecule has 0 saturated carbocycles. The SMILES string of the molecule is Cc1ccccc1[C@H](O)CCc1c(C(=O)N2CCCC2)cc2c(nc(C)n2C)c1O. The van der Waals surface area contributed by atoms with Gasteiger partial charge in [0.05, 0.1) is 11.6 Å². The number of amides is 1. The summed E-state index contributed by atoms with van der Waals surface area (Å²) in [7, 11) is 1.88. The van der Waals surface area contributed by atoms with Crippen LogP contribution in [0, 0.1) is 13.8 Å². The van der Waals surface area contributed by atoms with E-state index in [0.29, 0.717) is 29.5 Å². The van der Waals surface area contributed by atoms with Crippen molar-refractivity contribution in [2.75, 3.05) is 13.1 Å². The van der Waals surface area contributed by atoms with Gasteiger partial charge in [0.1, 0.15) is 17.1 Å². The summed E-state index contributed by atoms with van der Waals surface area (Å²) in [6.07, 6.45) is 2.15. The van der Waals surface area contributed by atoms with Gasteiger partial charge in [0.2, 0.25) is 0 Å². The van der Waals surface area contributed by atoms with Crippen molar-refractivity contribution in [3.63, 3.8) is 0 Å². The first-order valence-corrected chi connectivity index (χ1v) is 10.6. The number of phenols is 1. The number of carbonyl (C=O) groups excluding carboxylic acids is 1. The maximum Gasteiger partial charge on any atom is 0.254 e. The highest BCUT2D eigenvalue weighted by atomic mass is 16.3. The molecule has 2 aromatic carbocycles. The van der Waals surface area contributed by atoms with E-state index in [1.165, 1.54) is 0 Å². The zero-order valence-corrected chi connectivity index (χ0v) is 17.9. The van der Waals surface area contributed by atoms with Crippen LogP contribution in [-0.2, 0) is 13.5 Å². The molecule has 0 aliphatic carbocycles. The van der Waals surface area contributed by atoms with E-state index in [4.69, 9.17) is 0 Å². The fraction of sp³-hybridized carbons (Fsp3) is 0.417. The Kier molecular flexibility index (Phi) is 5.52. The Morgan fingerprint density at radius 3 is 2.60 bits per heavy atom.